The molecular weight excluding hydrogens is 264 g/mol. The van der Waals surface area contributed by atoms with E-state index in [1.54, 1.807) is 0 Å². The molecule has 2 aromatic heterocycles. The Balaban J connectivity index is 2.19. The van der Waals surface area contributed by atoms with Gasteiger partial charge in [-0.1, -0.05) is 20.8 Å². The number of anilines is 2. The summed E-state index contributed by atoms with van der Waals surface area (Å²) < 4.78 is 5.56. The molecule has 5 nitrogen and oxygen atoms in total. The van der Waals surface area contributed by atoms with Crippen molar-refractivity contribution in [3.05, 3.63) is 35.5 Å². The highest BCUT2D eigenvalue weighted by Gasteiger charge is 2.19. The molecule has 0 unspecified atom stereocenters. The Kier molecular flexibility index (Phi) is 4.50. The van der Waals surface area contributed by atoms with Gasteiger partial charge < -0.3 is 15.1 Å². The molecule has 0 bridgehead atoms. The Morgan fingerprint density at radius 3 is 2.29 bits per heavy atom. The van der Waals surface area contributed by atoms with Crippen molar-refractivity contribution in [1.29, 1.82) is 0 Å². The van der Waals surface area contributed by atoms with Gasteiger partial charge in [0.05, 0.1) is 6.54 Å². The second kappa shape index (κ2) is 6.16. The minimum atomic E-state index is -0.0941. The van der Waals surface area contributed by atoms with Crippen LogP contribution in [0.3, 0.4) is 0 Å². The molecule has 0 aliphatic carbocycles. The standard InChI is InChI=1S/C16H24N4O/c1-6-17-13-9-14(20-15(19-13)16(3,4)5)18-10-12-8-7-11(2)21-12/h7-9H,6,10H2,1-5H3,(H2,17,18,19,20). The van der Waals surface area contributed by atoms with Gasteiger partial charge in [-0.15, -0.1) is 0 Å². The Hall–Kier alpha value is -2.04. The van der Waals surface area contributed by atoms with Crippen LogP contribution in [0.2, 0.25) is 0 Å². The van der Waals surface area contributed by atoms with Crippen LogP contribution in [0.1, 0.15) is 45.0 Å². The van der Waals surface area contributed by atoms with Crippen molar-refractivity contribution in [2.75, 3.05) is 17.2 Å². The number of aryl methyl sites for hydroxylation is 1. The molecular formula is C16H24N4O. The van der Waals surface area contributed by atoms with Crippen LogP contribution in [0.5, 0.6) is 0 Å². The average molecular weight is 288 g/mol. The van der Waals surface area contributed by atoms with Gasteiger partial charge in [0, 0.05) is 18.0 Å². The number of nitrogens with zero attached hydrogens (tertiary/aromatic N) is 2. The second-order valence-electron chi connectivity index (χ2n) is 6.11. The maximum Gasteiger partial charge on any atom is 0.138 e. The molecule has 0 aliphatic heterocycles. The van der Waals surface area contributed by atoms with Crippen molar-refractivity contribution < 1.29 is 4.42 Å². The van der Waals surface area contributed by atoms with E-state index in [1.807, 2.05) is 25.1 Å². The van der Waals surface area contributed by atoms with Gasteiger partial charge in [0.1, 0.15) is 29.0 Å². The van der Waals surface area contributed by atoms with Crippen LogP contribution < -0.4 is 10.6 Å². The van der Waals surface area contributed by atoms with Crippen molar-refractivity contribution in [1.82, 2.24) is 9.97 Å². The Labute approximate surface area is 126 Å². The summed E-state index contributed by atoms with van der Waals surface area (Å²) in [5.41, 5.74) is -0.0941. The fourth-order valence-corrected chi connectivity index (χ4v) is 1.90. The summed E-state index contributed by atoms with van der Waals surface area (Å²) in [6.45, 7) is 11.8. The molecule has 0 aromatic carbocycles. The first-order valence-corrected chi connectivity index (χ1v) is 7.31. The van der Waals surface area contributed by atoms with Gasteiger partial charge in [-0.2, -0.15) is 0 Å². The monoisotopic (exact) mass is 288 g/mol. The summed E-state index contributed by atoms with van der Waals surface area (Å²) in [7, 11) is 0. The highest BCUT2D eigenvalue weighted by atomic mass is 16.3. The number of hydrogen-bond donors (Lipinski definition) is 2. The Morgan fingerprint density at radius 1 is 1.10 bits per heavy atom. The van der Waals surface area contributed by atoms with Crippen LogP contribution in [0.15, 0.2) is 22.6 Å². The Bertz CT molecular complexity index is 599. The predicted molar refractivity (Wildman–Crippen MR) is 85.7 cm³/mol. The van der Waals surface area contributed by atoms with Crippen molar-refractivity contribution in [2.45, 2.75) is 46.6 Å². The van der Waals surface area contributed by atoms with Crippen molar-refractivity contribution in [2.24, 2.45) is 0 Å². The first-order valence-electron chi connectivity index (χ1n) is 7.31. The maximum absolute atomic E-state index is 5.56. The van der Waals surface area contributed by atoms with Crippen LogP contribution >= 0.6 is 0 Å². The highest BCUT2D eigenvalue weighted by molar-refractivity contribution is 5.48. The number of aromatic nitrogens is 2. The summed E-state index contributed by atoms with van der Waals surface area (Å²) in [4.78, 5) is 9.17. The lowest BCUT2D eigenvalue weighted by Gasteiger charge is -2.19. The minimum Gasteiger partial charge on any atom is -0.465 e. The number of rotatable bonds is 5. The van der Waals surface area contributed by atoms with E-state index in [9.17, 15) is 0 Å². The van der Waals surface area contributed by atoms with E-state index in [1.165, 1.54) is 0 Å². The Morgan fingerprint density at radius 2 is 1.76 bits per heavy atom. The zero-order valence-electron chi connectivity index (χ0n) is 13.4. The van der Waals surface area contributed by atoms with Gasteiger partial charge in [-0.05, 0) is 26.0 Å². The van der Waals surface area contributed by atoms with Gasteiger partial charge in [0.2, 0.25) is 0 Å². The third kappa shape index (κ3) is 4.21. The van der Waals surface area contributed by atoms with Crippen molar-refractivity contribution in [3.8, 4) is 0 Å². The highest BCUT2D eigenvalue weighted by Crippen LogP contribution is 2.22. The lowest BCUT2D eigenvalue weighted by Crippen LogP contribution is -2.18. The number of hydrogen-bond acceptors (Lipinski definition) is 5. The summed E-state index contributed by atoms with van der Waals surface area (Å²) >= 11 is 0. The topological polar surface area (TPSA) is 63.0 Å². The van der Waals surface area contributed by atoms with Crippen LogP contribution in [0.4, 0.5) is 11.6 Å². The third-order valence-electron chi connectivity index (χ3n) is 2.99. The molecule has 0 amide bonds. The second-order valence-corrected chi connectivity index (χ2v) is 6.11. The smallest absolute Gasteiger partial charge is 0.138 e. The van der Waals surface area contributed by atoms with E-state index < -0.39 is 0 Å². The van der Waals surface area contributed by atoms with Gasteiger partial charge in [0.15, 0.2) is 0 Å². The molecule has 0 radical (unpaired) electrons. The lowest BCUT2D eigenvalue weighted by atomic mass is 9.96. The molecule has 2 N–H and O–H groups in total. The van der Waals surface area contributed by atoms with Crippen molar-refractivity contribution in [3.63, 3.8) is 0 Å². The molecule has 21 heavy (non-hydrogen) atoms. The van der Waals surface area contributed by atoms with E-state index in [0.29, 0.717) is 6.54 Å². The van der Waals surface area contributed by atoms with E-state index in [4.69, 9.17) is 4.42 Å². The molecule has 0 saturated heterocycles. The van der Waals surface area contributed by atoms with Gasteiger partial charge in [0.25, 0.3) is 0 Å². The summed E-state index contributed by atoms with van der Waals surface area (Å²) in [5.74, 6) is 4.28. The molecule has 0 atom stereocenters. The fourth-order valence-electron chi connectivity index (χ4n) is 1.90. The van der Waals surface area contributed by atoms with Crippen LogP contribution in [0.25, 0.3) is 0 Å². The maximum atomic E-state index is 5.56. The molecule has 0 saturated carbocycles. The number of furan rings is 1. The molecule has 0 fully saturated rings. The summed E-state index contributed by atoms with van der Waals surface area (Å²) in [6, 6.07) is 5.86. The molecule has 114 valence electrons. The van der Waals surface area contributed by atoms with Crippen LogP contribution in [-0.2, 0) is 12.0 Å². The molecule has 0 spiro atoms. The summed E-state index contributed by atoms with van der Waals surface area (Å²) in [6.07, 6.45) is 0. The third-order valence-corrected chi connectivity index (χ3v) is 2.99. The minimum absolute atomic E-state index is 0.0941. The molecule has 0 aliphatic rings. The SMILES string of the molecule is CCNc1cc(NCc2ccc(C)o2)nc(C(C)(C)C)n1. The molecule has 2 aromatic rings. The van der Waals surface area contributed by atoms with Crippen LogP contribution in [-0.4, -0.2) is 16.5 Å². The zero-order valence-corrected chi connectivity index (χ0v) is 13.4. The summed E-state index contributed by atoms with van der Waals surface area (Å²) in [5, 5.41) is 6.55. The fraction of sp³-hybridized carbons (Fsp3) is 0.500. The molecule has 2 rings (SSSR count). The van der Waals surface area contributed by atoms with E-state index >= 15 is 0 Å². The number of nitrogens with one attached hydrogen (secondary N) is 2. The van der Waals surface area contributed by atoms with E-state index in [2.05, 4.69) is 48.3 Å². The van der Waals surface area contributed by atoms with Gasteiger partial charge in [-0.25, -0.2) is 9.97 Å². The van der Waals surface area contributed by atoms with Crippen molar-refractivity contribution >= 4 is 11.6 Å². The normalized spacial score (nSPS) is 11.5. The predicted octanol–water partition coefficient (Wildman–Crippen LogP) is 3.72. The first kappa shape index (κ1) is 15.4. The van der Waals surface area contributed by atoms with E-state index in [-0.39, 0.29) is 5.41 Å². The lowest BCUT2D eigenvalue weighted by molar-refractivity contribution is 0.490. The first-order chi connectivity index (χ1) is 9.88. The molecule has 5 heteroatoms. The largest absolute Gasteiger partial charge is 0.465 e. The van der Waals surface area contributed by atoms with Crippen LogP contribution in [0, 0.1) is 6.92 Å². The quantitative estimate of drug-likeness (QED) is 0.878. The van der Waals surface area contributed by atoms with E-state index in [0.717, 1.165) is 35.5 Å². The molecule has 2 heterocycles. The average Bonchev–Trinajstić information content (AvgIpc) is 2.81. The van der Waals surface area contributed by atoms with Gasteiger partial charge >= 0.3 is 0 Å². The van der Waals surface area contributed by atoms with Gasteiger partial charge in [-0.3, -0.25) is 0 Å². The zero-order chi connectivity index (χ0) is 15.5.